The van der Waals surface area contributed by atoms with Crippen molar-refractivity contribution in [1.82, 2.24) is 4.90 Å². The van der Waals surface area contributed by atoms with Crippen LogP contribution in [0.1, 0.15) is 5.56 Å². The second-order valence-electron chi connectivity index (χ2n) is 4.25. The van der Waals surface area contributed by atoms with Gasteiger partial charge in [0, 0.05) is 24.7 Å². The first-order valence-corrected chi connectivity index (χ1v) is 6.00. The number of hydrogen-bond acceptors (Lipinski definition) is 2. The third kappa shape index (κ3) is 2.93. The molecule has 0 radical (unpaired) electrons. The maximum Gasteiger partial charge on any atom is 0.310 e. The Kier molecular flexibility index (Phi) is 3.85. The molecule has 0 aromatic heterocycles. The molecule has 1 N–H and O–H groups in total. The van der Waals surface area contributed by atoms with Crippen molar-refractivity contribution in [3.05, 3.63) is 40.7 Å². The number of likely N-dealkylation sites (tertiary alicyclic amines) is 1. The average molecular weight is 284 g/mol. The highest BCUT2D eigenvalue weighted by molar-refractivity contribution is 6.32. The number of amides is 1. The fourth-order valence-corrected chi connectivity index (χ4v) is 1.97. The first kappa shape index (κ1) is 13.5. The van der Waals surface area contributed by atoms with Crippen LogP contribution in [0.3, 0.4) is 0 Å². The van der Waals surface area contributed by atoms with E-state index in [1.54, 1.807) is 0 Å². The molecule has 1 amide bonds. The summed E-state index contributed by atoms with van der Waals surface area (Å²) in [6.45, 7) is 0.368. The minimum atomic E-state index is -0.912. The van der Waals surface area contributed by atoms with E-state index in [2.05, 4.69) is 0 Å². The van der Waals surface area contributed by atoms with E-state index in [4.69, 9.17) is 16.7 Å². The van der Waals surface area contributed by atoms with E-state index >= 15 is 0 Å². The van der Waals surface area contributed by atoms with Gasteiger partial charge in [-0.2, -0.15) is 0 Å². The third-order valence-electron chi connectivity index (χ3n) is 2.93. The normalized spacial score (nSPS) is 15.6. The maximum atomic E-state index is 13.4. The first-order chi connectivity index (χ1) is 8.99. The van der Waals surface area contributed by atoms with Gasteiger partial charge in [-0.1, -0.05) is 17.7 Å². The Morgan fingerprint density at radius 1 is 1.42 bits per heavy atom. The van der Waals surface area contributed by atoms with E-state index in [1.165, 1.54) is 35.3 Å². The van der Waals surface area contributed by atoms with Crippen LogP contribution in [0.25, 0.3) is 6.08 Å². The molecule has 0 aliphatic carbocycles. The molecule has 0 spiro atoms. The smallest absolute Gasteiger partial charge is 0.310 e. The molecule has 1 aromatic rings. The number of nitrogens with zero attached hydrogens (tertiary/aromatic N) is 1. The van der Waals surface area contributed by atoms with Crippen molar-refractivity contribution in [2.45, 2.75) is 0 Å². The van der Waals surface area contributed by atoms with Crippen LogP contribution in [0, 0.1) is 11.7 Å². The van der Waals surface area contributed by atoms with Gasteiger partial charge in [0.25, 0.3) is 0 Å². The van der Waals surface area contributed by atoms with Crippen LogP contribution in [0.5, 0.6) is 0 Å². The Labute approximate surface area is 114 Å². The molecule has 1 aromatic carbocycles. The zero-order valence-electron chi connectivity index (χ0n) is 9.85. The predicted octanol–water partition coefficient (Wildman–Crippen LogP) is 2.04. The van der Waals surface area contributed by atoms with Crippen molar-refractivity contribution in [2.75, 3.05) is 13.1 Å². The molecule has 6 heteroatoms. The minimum absolute atomic E-state index is 0.146. The molecule has 1 saturated heterocycles. The molecule has 1 aliphatic rings. The molecular weight excluding hydrogens is 273 g/mol. The molecule has 0 atom stereocenters. The minimum Gasteiger partial charge on any atom is -0.481 e. The average Bonchev–Trinajstić information content (AvgIpc) is 2.25. The third-order valence-corrected chi connectivity index (χ3v) is 3.26. The number of halogens is 2. The summed E-state index contributed by atoms with van der Waals surface area (Å²) in [6.07, 6.45) is 2.50. The summed E-state index contributed by atoms with van der Waals surface area (Å²) in [5, 5.41) is 8.91. The Morgan fingerprint density at radius 2 is 2.11 bits per heavy atom. The van der Waals surface area contributed by atoms with Crippen LogP contribution < -0.4 is 0 Å². The largest absolute Gasteiger partial charge is 0.481 e. The number of rotatable bonds is 3. The number of carbonyl (C=O) groups excluding carboxylic acids is 1. The Balaban J connectivity index is 2.00. The summed E-state index contributed by atoms with van der Waals surface area (Å²) in [6, 6.07) is 4.25. The number of hydrogen-bond donors (Lipinski definition) is 1. The van der Waals surface area contributed by atoms with Crippen molar-refractivity contribution < 1.29 is 19.1 Å². The monoisotopic (exact) mass is 283 g/mol. The lowest BCUT2D eigenvalue weighted by atomic mass is 10.0. The summed E-state index contributed by atoms with van der Waals surface area (Å²) in [5.41, 5.74) is 0.146. The molecule has 1 heterocycles. The fourth-order valence-electron chi connectivity index (χ4n) is 1.74. The van der Waals surface area contributed by atoms with Crippen molar-refractivity contribution in [3.8, 4) is 0 Å². The van der Waals surface area contributed by atoms with Crippen LogP contribution in [0.2, 0.25) is 5.02 Å². The Bertz CT molecular complexity index is 533. The highest BCUT2D eigenvalue weighted by Gasteiger charge is 2.34. The molecule has 4 nitrogen and oxygen atoms in total. The van der Waals surface area contributed by atoms with E-state index in [0.29, 0.717) is 0 Å². The van der Waals surface area contributed by atoms with Gasteiger partial charge in [-0.3, -0.25) is 9.59 Å². The van der Waals surface area contributed by atoms with Gasteiger partial charge in [0.2, 0.25) is 5.91 Å². The van der Waals surface area contributed by atoms with Crippen LogP contribution in [0.15, 0.2) is 24.3 Å². The van der Waals surface area contributed by atoms with Gasteiger partial charge in [0.1, 0.15) is 5.82 Å². The van der Waals surface area contributed by atoms with E-state index in [1.807, 2.05) is 0 Å². The fraction of sp³-hybridized carbons (Fsp3) is 0.231. The van der Waals surface area contributed by atoms with Crippen LogP contribution in [-0.4, -0.2) is 35.0 Å². The zero-order chi connectivity index (χ0) is 14.0. The molecule has 0 unspecified atom stereocenters. The molecule has 1 fully saturated rings. The van der Waals surface area contributed by atoms with E-state index in [9.17, 15) is 14.0 Å². The summed E-state index contributed by atoms with van der Waals surface area (Å²) >= 11 is 5.81. The Morgan fingerprint density at radius 3 is 2.68 bits per heavy atom. The van der Waals surface area contributed by atoms with Gasteiger partial charge in [0.05, 0.1) is 10.9 Å². The number of aliphatic carboxylic acids is 1. The topological polar surface area (TPSA) is 57.6 Å². The van der Waals surface area contributed by atoms with E-state index in [-0.39, 0.29) is 29.6 Å². The van der Waals surface area contributed by atoms with Crippen molar-refractivity contribution in [1.29, 1.82) is 0 Å². The van der Waals surface area contributed by atoms with Gasteiger partial charge in [0.15, 0.2) is 0 Å². The lowest BCUT2D eigenvalue weighted by Crippen LogP contribution is -2.52. The summed E-state index contributed by atoms with van der Waals surface area (Å²) < 4.78 is 13.4. The molecule has 2 rings (SSSR count). The number of benzene rings is 1. The molecule has 0 saturated carbocycles. The lowest BCUT2D eigenvalue weighted by molar-refractivity contribution is -0.151. The molecule has 0 bridgehead atoms. The summed E-state index contributed by atoms with van der Waals surface area (Å²) in [5.74, 6) is -2.28. The van der Waals surface area contributed by atoms with E-state index < -0.39 is 17.7 Å². The Hall–Kier alpha value is -1.88. The second-order valence-corrected chi connectivity index (χ2v) is 4.65. The molecule has 19 heavy (non-hydrogen) atoms. The van der Waals surface area contributed by atoms with Crippen molar-refractivity contribution in [2.24, 2.45) is 5.92 Å². The molecular formula is C13H11ClFNO3. The first-order valence-electron chi connectivity index (χ1n) is 5.63. The van der Waals surface area contributed by atoms with Crippen molar-refractivity contribution >= 4 is 29.6 Å². The maximum absolute atomic E-state index is 13.4. The molecule has 1 aliphatic heterocycles. The quantitative estimate of drug-likeness (QED) is 0.864. The van der Waals surface area contributed by atoms with Crippen LogP contribution in [0.4, 0.5) is 4.39 Å². The van der Waals surface area contributed by atoms with Crippen molar-refractivity contribution in [3.63, 3.8) is 0 Å². The van der Waals surface area contributed by atoms with Gasteiger partial charge in [-0.15, -0.1) is 0 Å². The summed E-state index contributed by atoms with van der Waals surface area (Å²) in [7, 11) is 0. The summed E-state index contributed by atoms with van der Waals surface area (Å²) in [4.78, 5) is 23.6. The number of carbonyl (C=O) groups is 2. The standard InChI is InChI=1S/C13H11ClFNO3/c14-10-2-1-3-11(15)9(10)4-5-12(17)16-6-8(7-16)13(18)19/h1-5,8H,6-7H2,(H,18,19). The van der Waals surface area contributed by atoms with Gasteiger partial charge < -0.3 is 10.0 Å². The lowest BCUT2D eigenvalue weighted by Gasteiger charge is -2.35. The van der Waals surface area contributed by atoms with E-state index in [0.717, 1.165) is 0 Å². The van der Waals surface area contributed by atoms with Crippen LogP contribution >= 0.6 is 11.6 Å². The highest BCUT2D eigenvalue weighted by Crippen LogP contribution is 2.21. The number of carboxylic acids is 1. The highest BCUT2D eigenvalue weighted by atomic mass is 35.5. The SMILES string of the molecule is O=C(O)C1CN(C(=O)C=Cc2c(F)cccc2Cl)C1. The van der Waals surface area contributed by atoms with Gasteiger partial charge >= 0.3 is 5.97 Å². The zero-order valence-corrected chi connectivity index (χ0v) is 10.6. The van der Waals surface area contributed by atoms with Gasteiger partial charge in [-0.25, -0.2) is 4.39 Å². The second kappa shape index (κ2) is 5.40. The molecule has 100 valence electrons. The number of carboxylic acid groups (broad SMARTS) is 1. The van der Waals surface area contributed by atoms with Crippen LogP contribution in [-0.2, 0) is 9.59 Å². The van der Waals surface area contributed by atoms with Gasteiger partial charge in [-0.05, 0) is 18.2 Å². The predicted molar refractivity (Wildman–Crippen MR) is 68.1 cm³/mol.